The molecule has 0 fully saturated rings. The monoisotopic (exact) mass is 309 g/mol. The third kappa shape index (κ3) is 3.43. The Morgan fingerprint density at radius 3 is 2.65 bits per heavy atom. The number of benzene rings is 1. The average Bonchev–Trinajstić information content (AvgIpc) is 2.41. The molecule has 7 heteroatoms. The zero-order valence-electron chi connectivity index (χ0n) is 10.9. The second-order valence-corrected chi connectivity index (χ2v) is 6.94. The molecule has 0 atom stereocenters. The smallest absolute Gasteiger partial charge is 0.263 e. The molecule has 0 amide bonds. The molecule has 20 heavy (non-hydrogen) atoms. The van der Waals surface area contributed by atoms with E-state index in [2.05, 4.69) is 9.71 Å². The number of hydrogen-bond donors (Lipinski definition) is 2. The number of thioether (sulfide) groups is 1. The fourth-order valence-corrected chi connectivity index (χ4v) is 3.44. The molecule has 0 saturated carbocycles. The van der Waals surface area contributed by atoms with Crippen LogP contribution in [0.2, 0.25) is 0 Å². The lowest BCUT2D eigenvalue weighted by Gasteiger charge is -2.11. The molecule has 0 spiro atoms. The first-order chi connectivity index (χ1) is 9.53. The summed E-state index contributed by atoms with van der Waals surface area (Å²) in [5.41, 5.74) is 6.02. The molecular weight excluding hydrogens is 294 g/mol. The van der Waals surface area contributed by atoms with Crippen molar-refractivity contribution in [2.24, 2.45) is 0 Å². The minimum absolute atomic E-state index is 0.0861. The van der Waals surface area contributed by atoms with Crippen molar-refractivity contribution in [3.63, 3.8) is 0 Å². The lowest BCUT2D eigenvalue weighted by molar-refractivity contribution is 0.601. The van der Waals surface area contributed by atoms with Gasteiger partial charge in [0.15, 0.2) is 0 Å². The van der Waals surface area contributed by atoms with Crippen LogP contribution in [0.3, 0.4) is 0 Å². The van der Waals surface area contributed by atoms with E-state index in [1.165, 1.54) is 18.3 Å². The van der Waals surface area contributed by atoms with Crippen molar-refractivity contribution >= 4 is 33.3 Å². The topological polar surface area (TPSA) is 85.1 Å². The molecule has 1 heterocycles. The highest BCUT2D eigenvalue weighted by molar-refractivity contribution is 7.99. The van der Waals surface area contributed by atoms with E-state index in [4.69, 9.17) is 5.73 Å². The van der Waals surface area contributed by atoms with Gasteiger partial charge >= 0.3 is 0 Å². The lowest BCUT2D eigenvalue weighted by Crippen LogP contribution is -2.14. The van der Waals surface area contributed by atoms with Crippen molar-refractivity contribution in [1.29, 1.82) is 0 Å². The zero-order valence-corrected chi connectivity index (χ0v) is 12.5. The molecular formula is C13H15N3O2S2. The van der Waals surface area contributed by atoms with E-state index in [9.17, 15) is 8.42 Å². The van der Waals surface area contributed by atoms with Gasteiger partial charge in [-0.15, -0.1) is 11.8 Å². The average molecular weight is 309 g/mol. The predicted molar refractivity (Wildman–Crippen MR) is 82.3 cm³/mol. The van der Waals surface area contributed by atoms with Crippen molar-refractivity contribution < 1.29 is 8.42 Å². The van der Waals surface area contributed by atoms with E-state index in [1.54, 1.807) is 23.9 Å². The van der Waals surface area contributed by atoms with Crippen molar-refractivity contribution in [2.75, 3.05) is 16.2 Å². The van der Waals surface area contributed by atoms with Gasteiger partial charge in [-0.1, -0.05) is 19.1 Å². The highest BCUT2D eigenvalue weighted by atomic mass is 32.2. The van der Waals surface area contributed by atoms with Gasteiger partial charge < -0.3 is 5.73 Å². The van der Waals surface area contributed by atoms with E-state index in [0.717, 1.165) is 10.6 Å². The van der Waals surface area contributed by atoms with Crippen LogP contribution in [0.5, 0.6) is 0 Å². The van der Waals surface area contributed by atoms with Gasteiger partial charge in [0.05, 0.1) is 5.69 Å². The maximum Gasteiger partial charge on any atom is 0.263 e. The standard InChI is InChI=1S/C13H15N3O2S2/c1-2-19-12-6-4-3-5-11(12)16-20(17,18)10-7-8-13(14)15-9-10/h3-9,16H,2H2,1H3,(H2,14,15). The van der Waals surface area contributed by atoms with Crippen LogP contribution in [-0.4, -0.2) is 19.2 Å². The molecule has 2 rings (SSSR count). The first-order valence-electron chi connectivity index (χ1n) is 5.99. The summed E-state index contributed by atoms with van der Waals surface area (Å²) in [7, 11) is -3.65. The lowest BCUT2D eigenvalue weighted by atomic mass is 10.3. The van der Waals surface area contributed by atoms with Crippen LogP contribution in [0.4, 0.5) is 11.5 Å². The van der Waals surface area contributed by atoms with Gasteiger partial charge in [-0.05, 0) is 30.0 Å². The van der Waals surface area contributed by atoms with Crippen LogP contribution in [0.25, 0.3) is 0 Å². The zero-order chi connectivity index (χ0) is 14.6. The predicted octanol–water partition coefficient (Wildman–Crippen LogP) is 2.58. The number of nitrogens with two attached hydrogens (primary N) is 1. The Kier molecular flexibility index (Phi) is 4.51. The van der Waals surface area contributed by atoms with E-state index in [0.29, 0.717) is 5.69 Å². The second kappa shape index (κ2) is 6.15. The molecule has 0 bridgehead atoms. The quantitative estimate of drug-likeness (QED) is 0.829. The molecule has 2 aromatic rings. The number of pyridine rings is 1. The molecule has 106 valence electrons. The van der Waals surface area contributed by atoms with Gasteiger partial charge in [0.25, 0.3) is 10.0 Å². The molecule has 0 radical (unpaired) electrons. The highest BCUT2D eigenvalue weighted by Gasteiger charge is 2.16. The van der Waals surface area contributed by atoms with Crippen LogP contribution >= 0.6 is 11.8 Å². The van der Waals surface area contributed by atoms with Crippen molar-refractivity contribution in [1.82, 2.24) is 4.98 Å². The first-order valence-corrected chi connectivity index (χ1v) is 8.46. The minimum atomic E-state index is -3.65. The van der Waals surface area contributed by atoms with Gasteiger partial charge in [0, 0.05) is 11.1 Å². The normalized spacial score (nSPS) is 11.2. The Bertz CT molecular complexity index is 685. The largest absolute Gasteiger partial charge is 0.384 e. The van der Waals surface area contributed by atoms with Crippen LogP contribution in [0.1, 0.15) is 6.92 Å². The summed E-state index contributed by atoms with van der Waals surface area (Å²) in [6, 6.07) is 10.2. The summed E-state index contributed by atoms with van der Waals surface area (Å²) in [6.45, 7) is 2.01. The van der Waals surface area contributed by atoms with Crippen LogP contribution < -0.4 is 10.5 Å². The van der Waals surface area contributed by atoms with Crippen LogP contribution in [0, 0.1) is 0 Å². The first kappa shape index (κ1) is 14.7. The highest BCUT2D eigenvalue weighted by Crippen LogP contribution is 2.28. The van der Waals surface area contributed by atoms with Gasteiger partial charge in [0.1, 0.15) is 10.7 Å². The summed E-state index contributed by atoms with van der Waals surface area (Å²) in [5, 5.41) is 0. The number of nitrogens with one attached hydrogen (secondary N) is 1. The maximum atomic E-state index is 12.3. The van der Waals surface area contributed by atoms with E-state index in [-0.39, 0.29) is 10.7 Å². The third-order valence-corrected chi connectivity index (χ3v) is 4.81. The van der Waals surface area contributed by atoms with Crippen LogP contribution in [0.15, 0.2) is 52.4 Å². The number of aromatic nitrogens is 1. The molecule has 0 unspecified atom stereocenters. The van der Waals surface area contributed by atoms with Gasteiger partial charge in [-0.2, -0.15) is 0 Å². The Balaban J connectivity index is 2.31. The van der Waals surface area contributed by atoms with Crippen LogP contribution in [-0.2, 0) is 10.0 Å². The van der Waals surface area contributed by atoms with Gasteiger partial charge in [0.2, 0.25) is 0 Å². The molecule has 1 aromatic carbocycles. The van der Waals surface area contributed by atoms with E-state index in [1.807, 2.05) is 19.1 Å². The van der Waals surface area contributed by atoms with E-state index >= 15 is 0 Å². The number of nitrogen functional groups attached to an aromatic ring is 1. The number of hydrogen-bond acceptors (Lipinski definition) is 5. The molecule has 0 aliphatic rings. The summed E-state index contributed by atoms with van der Waals surface area (Å²) in [5.74, 6) is 1.15. The third-order valence-electron chi connectivity index (χ3n) is 2.50. The number of nitrogens with zero attached hydrogens (tertiary/aromatic N) is 1. The summed E-state index contributed by atoms with van der Waals surface area (Å²) in [6.07, 6.45) is 1.24. The number of para-hydroxylation sites is 1. The molecule has 5 nitrogen and oxygen atoms in total. The number of rotatable bonds is 5. The Morgan fingerprint density at radius 1 is 1.25 bits per heavy atom. The minimum Gasteiger partial charge on any atom is -0.384 e. The Hall–Kier alpha value is -1.73. The SMILES string of the molecule is CCSc1ccccc1NS(=O)(=O)c1ccc(N)nc1. The van der Waals surface area contributed by atoms with E-state index < -0.39 is 10.0 Å². The summed E-state index contributed by atoms with van der Waals surface area (Å²) < 4.78 is 27.1. The second-order valence-electron chi connectivity index (χ2n) is 3.95. The molecule has 1 aromatic heterocycles. The molecule has 0 aliphatic heterocycles. The molecule has 0 saturated heterocycles. The number of anilines is 2. The fraction of sp³-hybridized carbons (Fsp3) is 0.154. The summed E-state index contributed by atoms with van der Waals surface area (Å²) in [4.78, 5) is 4.78. The maximum absolute atomic E-state index is 12.3. The molecule has 3 N–H and O–H groups in total. The summed E-state index contributed by atoms with van der Waals surface area (Å²) >= 11 is 1.58. The number of sulfonamides is 1. The van der Waals surface area contributed by atoms with Crippen molar-refractivity contribution in [3.05, 3.63) is 42.6 Å². The van der Waals surface area contributed by atoms with Crippen molar-refractivity contribution in [2.45, 2.75) is 16.7 Å². The Morgan fingerprint density at radius 2 is 2.00 bits per heavy atom. The van der Waals surface area contributed by atoms with Gasteiger partial charge in [-0.3, -0.25) is 4.72 Å². The van der Waals surface area contributed by atoms with Gasteiger partial charge in [-0.25, -0.2) is 13.4 Å². The Labute approximate surface area is 122 Å². The van der Waals surface area contributed by atoms with Crippen molar-refractivity contribution in [3.8, 4) is 0 Å². The molecule has 0 aliphatic carbocycles. The fourth-order valence-electron chi connectivity index (χ4n) is 1.59.